The van der Waals surface area contributed by atoms with E-state index in [1.165, 1.54) is 0 Å². The van der Waals surface area contributed by atoms with Crippen molar-refractivity contribution in [2.24, 2.45) is 0 Å². The fourth-order valence-electron chi connectivity index (χ4n) is 1.96. The number of halogens is 4. The van der Waals surface area contributed by atoms with Crippen molar-refractivity contribution in [2.45, 2.75) is 17.9 Å². The average molecular weight is 599 g/mol. The molecule has 3 heterocycles. The Labute approximate surface area is 211 Å². The van der Waals surface area contributed by atoms with Crippen LogP contribution in [-0.2, 0) is 9.59 Å². The first-order valence-corrected chi connectivity index (χ1v) is 12.1. The molecule has 2 unspecified atom stereocenters. The Morgan fingerprint density at radius 1 is 1.03 bits per heavy atom. The van der Waals surface area contributed by atoms with E-state index in [0.29, 0.717) is 27.6 Å². The van der Waals surface area contributed by atoms with Crippen molar-refractivity contribution in [3.05, 3.63) is 76.4 Å². The maximum absolute atomic E-state index is 10.3. The summed E-state index contributed by atoms with van der Waals surface area (Å²) in [6.45, 7) is 1.75. The normalized spacial score (nSPS) is 18.2. The third kappa shape index (κ3) is 12.1. The zero-order chi connectivity index (χ0) is 23.8. The minimum atomic E-state index is -0.173. The van der Waals surface area contributed by atoms with E-state index in [1.807, 2.05) is 12.0 Å². The number of dihydropyridines is 1. The van der Waals surface area contributed by atoms with Crippen LogP contribution in [0.4, 0.5) is 0 Å². The van der Waals surface area contributed by atoms with Gasteiger partial charge in [-0.25, -0.2) is 4.98 Å². The lowest BCUT2D eigenvalue weighted by molar-refractivity contribution is -0.105. The molecular formula is C21H23Cl3IN3O3. The fourth-order valence-corrected chi connectivity index (χ4v) is 2.41. The van der Waals surface area contributed by atoms with E-state index in [2.05, 4.69) is 32.9 Å². The van der Waals surface area contributed by atoms with E-state index >= 15 is 0 Å². The number of carbonyl (C=O) groups is 3. The van der Waals surface area contributed by atoms with Crippen LogP contribution < -0.4 is 5.32 Å². The second kappa shape index (κ2) is 16.9. The van der Waals surface area contributed by atoms with E-state index in [9.17, 15) is 14.4 Å². The van der Waals surface area contributed by atoms with Gasteiger partial charge in [0.15, 0.2) is 18.9 Å². The molecule has 3 rings (SSSR count). The van der Waals surface area contributed by atoms with Crippen LogP contribution in [-0.4, -0.2) is 51.7 Å². The second-order valence-corrected chi connectivity index (χ2v) is 7.06. The average Bonchev–Trinajstić information content (AvgIpc) is 2.78. The highest BCUT2D eigenvalue weighted by atomic mass is 127. The molecule has 31 heavy (non-hydrogen) atoms. The summed E-state index contributed by atoms with van der Waals surface area (Å²) in [5.41, 5.74) is 2.23. The molecule has 10 heteroatoms. The lowest BCUT2D eigenvalue weighted by Crippen LogP contribution is -2.22. The number of rotatable bonds is 3. The summed E-state index contributed by atoms with van der Waals surface area (Å²) < 4.78 is 0. The number of alkyl halides is 3. The smallest absolute Gasteiger partial charge is 0.151 e. The first kappa shape index (κ1) is 29.3. The fraction of sp³-hybridized carbons (Fsp3) is 0.238. The Balaban J connectivity index is 0.000000419. The van der Waals surface area contributed by atoms with Crippen LogP contribution in [0, 0.1) is 6.92 Å². The summed E-state index contributed by atoms with van der Waals surface area (Å²) in [6, 6.07) is 3.25. The predicted molar refractivity (Wildman–Crippen MR) is 136 cm³/mol. The van der Waals surface area contributed by atoms with Crippen molar-refractivity contribution in [3.8, 4) is 0 Å². The van der Waals surface area contributed by atoms with Crippen molar-refractivity contribution in [1.82, 2.24) is 15.2 Å². The van der Waals surface area contributed by atoms with E-state index in [4.69, 9.17) is 34.8 Å². The molecule has 0 radical (unpaired) electrons. The Morgan fingerprint density at radius 2 is 1.65 bits per heavy atom. The first-order chi connectivity index (χ1) is 14.8. The zero-order valence-corrected chi connectivity index (χ0v) is 21.6. The van der Waals surface area contributed by atoms with E-state index in [-0.39, 0.29) is 11.0 Å². The van der Waals surface area contributed by atoms with Gasteiger partial charge in [0.2, 0.25) is 0 Å². The zero-order valence-electron chi connectivity index (χ0n) is 17.1. The van der Waals surface area contributed by atoms with Crippen molar-refractivity contribution in [3.63, 3.8) is 0 Å². The molecular weight excluding hydrogens is 576 g/mol. The SMILES string of the molecule is CI.CN1C=C(C=O)C=CC1Cl.Cc1nc(Cl)ccc1C=O.O=CC1=CNC(Cl)C=C1. The number of nitrogens with one attached hydrogen (secondary N) is 1. The van der Waals surface area contributed by atoms with Crippen LogP contribution in [0.2, 0.25) is 5.15 Å². The summed E-state index contributed by atoms with van der Waals surface area (Å²) in [6.07, 6.45) is 12.5. The summed E-state index contributed by atoms with van der Waals surface area (Å²) in [5.74, 6) is 0. The Bertz CT molecular complexity index is 858. The number of aryl methyl sites for hydroxylation is 1. The first-order valence-electron chi connectivity index (χ1n) is 8.71. The molecule has 1 aromatic rings. The second-order valence-electron chi connectivity index (χ2n) is 5.76. The number of pyridine rings is 1. The van der Waals surface area contributed by atoms with Gasteiger partial charge in [-0.2, -0.15) is 0 Å². The number of hydrogen-bond acceptors (Lipinski definition) is 6. The van der Waals surface area contributed by atoms with Crippen molar-refractivity contribution in [1.29, 1.82) is 0 Å². The highest BCUT2D eigenvalue weighted by Gasteiger charge is 2.08. The highest BCUT2D eigenvalue weighted by Crippen LogP contribution is 2.12. The molecule has 2 aliphatic rings. The van der Waals surface area contributed by atoms with Gasteiger partial charge in [-0.05, 0) is 36.1 Å². The lowest BCUT2D eigenvalue weighted by atomic mass is 10.2. The van der Waals surface area contributed by atoms with Crippen LogP contribution in [0.15, 0.2) is 60.0 Å². The Hall–Kier alpha value is -1.68. The summed E-state index contributed by atoms with van der Waals surface area (Å²) in [4.78, 5) is 38.2. The molecule has 2 aliphatic heterocycles. The molecule has 0 bridgehead atoms. The van der Waals surface area contributed by atoms with E-state index in [0.717, 1.165) is 18.9 Å². The van der Waals surface area contributed by atoms with Crippen molar-refractivity contribution < 1.29 is 14.4 Å². The number of carbonyl (C=O) groups excluding carboxylic acids is 3. The number of aromatic nitrogens is 1. The van der Waals surface area contributed by atoms with Gasteiger partial charge in [0.1, 0.15) is 16.2 Å². The topological polar surface area (TPSA) is 79.4 Å². The third-order valence-electron chi connectivity index (χ3n) is 3.55. The van der Waals surface area contributed by atoms with Gasteiger partial charge in [0.25, 0.3) is 0 Å². The molecule has 0 amide bonds. The monoisotopic (exact) mass is 597 g/mol. The van der Waals surface area contributed by atoms with Gasteiger partial charge < -0.3 is 10.2 Å². The number of allylic oxidation sites excluding steroid dienone is 4. The van der Waals surface area contributed by atoms with Gasteiger partial charge in [0, 0.05) is 41.9 Å². The maximum Gasteiger partial charge on any atom is 0.151 e. The molecule has 0 aromatic carbocycles. The molecule has 6 nitrogen and oxygen atoms in total. The quantitative estimate of drug-likeness (QED) is 0.177. The summed E-state index contributed by atoms with van der Waals surface area (Å²) in [5, 5.41) is 3.19. The van der Waals surface area contributed by atoms with E-state index < -0.39 is 0 Å². The number of nitrogens with zero attached hydrogens (tertiary/aromatic N) is 2. The minimum Gasteiger partial charge on any atom is -0.371 e. The third-order valence-corrected chi connectivity index (χ3v) is 4.48. The molecule has 0 saturated heterocycles. The maximum atomic E-state index is 10.3. The minimum absolute atomic E-state index is 0.122. The molecule has 0 saturated carbocycles. The van der Waals surface area contributed by atoms with Crippen LogP contribution in [0.1, 0.15) is 16.1 Å². The standard InChI is InChI=1S/C7H8ClNO.C7H6ClNO.C6H6ClNO.CH3I/c1-9-4-6(5-10)2-3-7(9)8;1-5-6(4-10)2-3-7(8)9-5;7-6-2-1-5(4-9)3-8-6;1-2/h2-5,7H,1H3;2-4H,1H3;1-4,6,8H;1H3. The highest BCUT2D eigenvalue weighted by molar-refractivity contribution is 14.1. The molecule has 168 valence electrons. The number of aldehydes is 3. The van der Waals surface area contributed by atoms with Gasteiger partial charge in [0.05, 0.1) is 0 Å². The van der Waals surface area contributed by atoms with Crippen LogP contribution >= 0.6 is 57.4 Å². The van der Waals surface area contributed by atoms with E-state index in [1.54, 1.807) is 60.7 Å². The van der Waals surface area contributed by atoms with Gasteiger partial charge in [-0.1, -0.05) is 69.5 Å². The van der Waals surface area contributed by atoms with Gasteiger partial charge >= 0.3 is 0 Å². The number of hydrogen-bond donors (Lipinski definition) is 1. The molecule has 1 aromatic heterocycles. The Morgan fingerprint density at radius 3 is 2.10 bits per heavy atom. The predicted octanol–water partition coefficient (Wildman–Crippen LogP) is 4.84. The summed E-state index contributed by atoms with van der Waals surface area (Å²) in [7, 11) is 1.82. The Kier molecular flexibility index (Phi) is 16.0. The van der Waals surface area contributed by atoms with Crippen molar-refractivity contribution in [2.75, 3.05) is 12.0 Å². The van der Waals surface area contributed by atoms with Crippen LogP contribution in [0.3, 0.4) is 0 Å². The molecule has 0 spiro atoms. The largest absolute Gasteiger partial charge is 0.371 e. The molecule has 2 atom stereocenters. The van der Waals surface area contributed by atoms with Gasteiger partial charge in [-0.3, -0.25) is 14.4 Å². The molecule has 0 aliphatic carbocycles. The summed E-state index contributed by atoms with van der Waals surface area (Å²) >= 11 is 19.0. The van der Waals surface area contributed by atoms with Gasteiger partial charge in [-0.15, -0.1) is 0 Å². The van der Waals surface area contributed by atoms with Crippen molar-refractivity contribution >= 4 is 76.3 Å². The lowest BCUT2D eigenvalue weighted by Gasteiger charge is -2.21. The number of likely N-dealkylation sites (N-methyl/N-ethyl adjacent to an activating group) is 1. The molecule has 0 fully saturated rings. The molecule has 1 N–H and O–H groups in total. The van der Waals surface area contributed by atoms with Crippen LogP contribution in [0.25, 0.3) is 0 Å². The van der Waals surface area contributed by atoms with Crippen LogP contribution in [0.5, 0.6) is 0 Å².